The van der Waals surface area contributed by atoms with Crippen LogP contribution < -0.4 is 16.0 Å². The van der Waals surface area contributed by atoms with Crippen LogP contribution in [0.5, 0.6) is 0 Å². The van der Waals surface area contributed by atoms with E-state index in [4.69, 9.17) is 0 Å². The van der Waals surface area contributed by atoms with Crippen molar-refractivity contribution in [3.05, 3.63) is 77.7 Å². The summed E-state index contributed by atoms with van der Waals surface area (Å²) in [5.74, 6) is -0.600. The Morgan fingerprint density at radius 2 is 2.07 bits per heavy atom. The Bertz CT molecular complexity index is 884. The van der Waals surface area contributed by atoms with Gasteiger partial charge >= 0.3 is 0 Å². The number of amides is 1. The number of hydrogen-bond acceptors (Lipinski definition) is 4. The van der Waals surface area contributed by atoms with Crippen molar-refractivity contribution < 1.29 is 13.6 Å². The normalized spacial score (nSPS) is 18.7. The fourth-order valence-electron chi connectivity index (χ4n) is 2.87. The molecule has 1 aliphatic heterocycles. The Morgan fingerprint density at radius 3 is 2.82 bits per heavy atom. The van der Waals surface area contributed by atoms with E-state index in [-0.39, 0.29) is 23.6 Å². The second-order valence-electron chi connectivity index (χ2n) is 6.64. The molecule has 0 bridgehead atoms. The summed E-state index contributed by atoms with van der Waals surface area (Å²) in [5.41, 5.74) is 2.02. The summed E-state index contributed by atoms with van der Waals surface area (Å²) in [6.45, 7) is 6.30. The third-order valence-corrected chi connectivity index (χ3v) is 4.65. The molecule has 7 heteroatoms. The van der Waals surface area contributed by atoms with Crippen molar-refractivity contribution in [1.82, 2.24) is 10.6 Å². The van der Waals surface area contributed by atoms with E-state index in [9.17, 15) is 13.6 Å². The van der Waals surface area contributed by atoms with Crippen LogP contribution in [-0.2, 0) is 4.79 Å². The summed E-state index contributed by atoms with van der Waals surface area (Å²) in [7, 11) is 0. The lowest BCUT2D eigenvalue weighted by Gasteiger charge is -2.24. The van der Waals surface area contributed by atoms with Gasteiger partial charge in [0.05, 0.1) is 18.3 Å². The van der Waals surface area contributed by atoms with Gasteiger partial charge in [-0.2, -0.15) is 0 Å². The number of rotatable bonds is 7. The highest BCUT2D eigenvalue weighted by Crippen LogP contribution is 2.23. The molecule has 2 unspecified atom stereocenters. The average Bonchev–Trinajstić information content (AvgIpc) is 2.69. The highest BCUT2D eigenvalue weighted by Gasteiger charge is 2.21. The number of allylic oxidation sites excluding steroid dienone is 2. The topological polar surface area (TPSA) is 65.5 Å². The summed E-state index contributed by atoms with van der Waals surface area (Å²) < 4.78 is 26.5. The Hall–Kier alpha value is -3.22. The van der Waals surface area contributed by atoms with Crippen LogP contribution in [0.3, 0.4) is 0 Å². The monoisotopic (exact) mass is 384 g/mol. The Kier molecular flexibility index (Phi) is 6.03. The third-order valence-electron chi connectivity index (χ3n) is 4.65. The number of carbonyl (C=O) groups is 1. The molecular weight excluding hydrogens is 362 g/mol. The van der Waals surface area contributed by atoms with E-state index in [2.05, 4.69) is 27.5 Å². The van der Waals surface area contributed by atoms with E-state index in [1.807, 2.05) is 0 Å². The Balaban J connectivity index is 1.51. The standard InChI is InChI=1S/C21H22F2N4O/c1-13(14(2)21(28)27-17-6-3-15(22)4-7-17)9-10-24-20-18-11-16(23)5-8-19(18)25-12-26-20/h3-8,11-12,14,19,24H,1,9-10H2,2H3,(H,25,26)(H,27,28). The predicted octanol–water partition coefficient (Wildman–Crippen LogP) is 3.57. The third kappa shape index (κ3) is 4.73. The minimum absolute atomic E-state index is 0.202. The zero-order chi connectivity index (χ0) is 20.1. The largest absolute Gasteiger partial charge is 0.371 e. The van der Waals surface area contributed by atoms with Gasteiger partial charge in [0.25, 0.3) is 0 Å². The molecule has 0 aromatic heterocycles. The first-order valence-electron chi connectivity index (χ1n) is 9.00. The van der Waals surface area contributed by atoms with Crippen molar-refractivity contribution in [2.24, 2.45) is 10.9 Å². The number of nitrogens with zero attached hydrogens (tertiary/aromatic N) is 1. The second-order valence-corrected chi connectivity index (χ2v) is 6.64. The molecule has 1 amide bonds. The van der Waals surface area contributed by atoms with Crippen LogP contribution in [-0.4, -0.2) is 24.8 Å². The smallest absolute Gasteiger partial charge is 0.231 e. The quantitative estimate of drug-likeness (QED) is 0.630. The van der Waals surface area contributed by atoms with E-state index >= 15 is 0 Å². The molecule has 0 spiro atoms. The molecule has 5 nitrogen and oxygen atoms in total. The lowest BCUT2D eigenvalue weighted by atomic mass is 9.98. The summed E-state index contributed by atoms with van der Waals surface area (Å²) >= 11 is 0. The lowest BCUT2D eigenvalue weighted by Crippen LogP contribution is -2.34. The number of fused-ring (bicyclic) bond motifs is 1. The molecule has 1 aromatic carbocycles. The van der Waals surface area contributed by atoms with Crippen molar-refractivity contribution in [3.8, 4) is 0 Å². The number of carbonyl (C=O) groups excluding carboxylic acids is 1. The molecule has 0 radical (unpaired) electrons. The zero-order valence-electron chi connectivity index (χ0n) is 15.5. The highest BCUT2D eigenvalue weighted by atomic mass is 19.1. The number of hydrogen-bond donors (Lipinski definition) is 3. The van der Waals surface area contributed by atoms with Crippen LogP contribution in [0.25, 0.3) is 0 Å². The minimum atomic E-state index is -0.409. The fraction of sp³-hybridized carbons (Fsp3) is 0.238. The van der Waals surface area contributed by atoms with E-state index in [0.717, 1.165) is 11.1 Å². The molecule has 0 fully saturated rings. The van der Waals surface area contributed by atoms with Gasteiger partial charge in [0.15, 0.2) is 0 Å². The minimum Gasteiger partial charge on any atom is -0.371 e. The Morgan fingerprint density at radius 1 is 1.32 bits per heavy atom. The predicted molar refractivity (Wildman–Crippen MR) is 107 cm³/mol. The van der Waals surface area contributed by atoms with Crippen molar-refractivity contribution in [3.63, 3.8) is 0 Å². The van der Waals surface area contributed by atoms with Crippen LogP contribution in [0.15, 0.2) is 76.9 Å². The van der Waals surface area contributed by atoms with Crippen LogP contribution in [0.4, 0.5) is 14.5 Å². The van der Waals surface area contributed by atoms with Crippen LogP contribution >= 0.6 is 0 Å². The Labute approximate surface area is 162 Å². The molecule has 1 heterocycles. The maximum atomic E-state index is 13.5. The van der Waals surface area contributed by atoms with E-state index in [0.29, 0.717) is 24.5 Å². The van der Waals surface area contributed by atoms with Crippen LogP contribution in [0.1, 0.15) is 13.3 Å². The number of halogens is 2. The van der Waals surface area contributed by atoms with Gasteiger partial charge < -0.3 is 16.0 Å². The molecule has 0 saturated heterocycles. The fourth-order valence-corrected chi connectivity index (χ4v) is 2.87. The molecule has 28 heavy (non-hydrogen) atoms. The lowest BCUT2D eigenvalue weighted by molar-refractivity contribution is -0.118. The summed E-state index contributed by atoms with van der Waals surface area (Å²) in [4.78, 5) is 16.6. The van der Waals surface area contributed by atoms with Gasteiger partial charge in [-0.1, -0.05) is 18.2 Å². The van der Waals surface area contributed by atoms with Gasteiger partial charge in [0, 0.05) is 17.8 Å². The molecule has 3 N–H and O–H groups in total. The van der Waals surface area contributed by atoms with Gasteiger partial charge in [-0.05, 0) is 49.8 Å². The first-order valence-corrected chi connectivity index (χ1v) is 9.00. The van der Waals surface area contributed by atoms with Crippen LogP contribution in [0, 0.1) is 11.7 Å². The molecule has 3 rings (SSSR count). The number of nitrogens with one attached hydrogen (secondary N) is 3. The van der Waals surface area contributed by atoms with Gasteiger partial charge in [-0.3, -0.25) is 9.79 Å². The van der Waals surface area contributed by atoms with Gasteiger partial charge in [0.2, 0.25) is 5.91 Å². The first-order chi connectivity index (χ1) is 13.4. The van der Waals surface area contributed by atoms with Gasteiger partial charge in [-0.15, -0.1) is 0 Å². The van der Waals surface area contributed by atoms with Gasteiger partial charge in [0.1, 0.15) is 17.5 Å². The second kappa shape index (κ2) is 8.65. The average molecular weight is 384 g/mol. The first kappa shape index (κ1) is 19.5. The van der Waals surface area contributed by atoms with Crippen LogP contribution in [0.2, 0.25) is 0 Å². The molecular formula is C21H22F2N4O. The van der Waals surface area contributed by atoms with Crippen molar-refractivity contribution >= 4 is 17.9 Å². The number of aliphatic imine (C=N–C) groups is 1. The molecule has 0 saturated carbocycles. The zero-order valence-corrected chi connectivity index (χ0v) is 15.5. The van der Waals surface area contributed by atoms with Gasteiger partial charge in [-0.25, -0.2) is 8.78 Å². The summed E-state index contributed by atoms with van der Waals surface area (Å²) in [6.07, 6.45) is 6.68. The number of benzene rings is 1. The van der Waals surface area contributed by atoms with E-state index in [1.54, 1.807) is 19.3 Å². The summed E-state index contributed by atoms with van der Waals surface area (Å²) in [5, 5.41) is 8.96. The van der Waals surface area contributed by atoms with Crippen molar-refractivity contribution in [2.75, 3.05) is 11.9 Å². The van der Waals surface area contributed by atoms with E-state index in [1.165, 1.54) is 36.4 Å². The van der Waals surface area contributed by atoms with Crippen molar-refractivity contribution in [2.45, 2.75) is 19.4 Å². The molecule has 2 atom stereocenters. The van der Waals surface area contributed by atoms with Crippen molar-refractivity contribution in [1.29, 1.82) is 0 Å². The highest BCUT2D eigenvalue weighted by molar-refractivity contribution is 5.94. The summed E-state index contributed by atoms with van der Waals surface area (Å²) in [6, 6.07) is 5.40. The maximum Gasteiger partial charge on any atom is 0.231 e. The SMILES string of the molecule is C=C(CCNC1=C2C=C(F)C=CC2N=CN1)C(C)C(=O)Nc1ccc(F)cc1. The molecule has 1 aromatic rings. The van der Waals surface area contributed by atoms with E-state index < -0.39 is 5.92 Å². The molecule has 146 valence electrons. The molecule has 2 aliphatic rings. The number of anilines is 1. The maximum absolute atomic E-state index is 13.5. The molecule has 1 aliphatic carbocycles.